The number of hydrogen-bond donors (Lipinski definition) is 0. The molecule has 0 unspecified atom stereocenters. The largest absolute Gasteiger partial charge is 0.356 e. The molecule has 2 aromatic rings. The van der Waals surface area contributed by atoms with Crippen LogP contribution in [0.1, 0.15) is 54.7 Å². The lowest BCUT2D eigenvalue weighted by atomic mass is 10.0. The summed E-state index contributed by atoms with van der Waals surface area (Å²) in [6, 6.07) is 4.07. The third-order valence-electron chi connectivity index (χ3n) is 6.58. The van der Waals surface area contributed by atoms with Crippen LogP contribution in [0.4, 0.5) is 11.8 Å². The zero-order chi connectivity index (χ0) is 20.3. The molecule has 0 atom stereocenters. The maximum absolute atomic E-state index is 12.9. The van der Waals surface area contributed by atoms with Crippen LogP contribution in [0.3, 0.4) is 0 Å². The quantitative estimate of drug-likeness (QED) is 0.749. The fourth-order valence-electron chi connectivity index (χ4n) is 4.87. The molecule has 0 N–H and O–H groups in total. The summed E-state index contributed by atoms with van der Waals surface area (Å²) in [7, 11) is 0. The number of amides is 1. The lowest BCUT2D eigenvalue weighted by Gasteiger charge is -2.36. The summed E-state index contributed by atoms with van der Waals surface area (Å²) in [6.45, 7) is 5.64. The minimum atomic E-state index is 0.216. The maximum atomic E-state index is 12.9. The fraction of sp³-hybridized carbons (Fsp3) is 0.609. The predicted octanol–water partition coefficient (Wildman–Crippen LogP) is 3.65. The topological polar surface area (TPSA) is 52.6 Å². The minimum absolute atomic E-state index is 0.216. The van der Waals surface area contributed by atoms with Crippen molar-refractivity contribution >= 4 is 29.0 Å². The summed E-state index contributed by atoms with van der Waals surface area (Å²) in [5.41, 5.74) is 2.34. The first-order chi connectivity index (χ1) is 14.8. The van der Waals surface area contributed by atoms with E-state index >= 15 is 0 Å². The number of carbonyl (C=O) groups is 1. The molecule has 0 spiro atoms. The number of aromatic nitrogens is 2. The zero-order valence-corrected chi connectivity index (χ0v) is 18.5. The summed E-state index contributed by atoms with van der Waals surface area (Å²) in [4.78, 5) is 31.0. The summed E-state index contributed by atoms with van der Waals surface area (Å²) in [6.07, 6.45) is 8.83. The highest BCUT2D eigenvalue weighted by Crippen LogP contribution is 2.31. The van der Waals surface area contributed by atoms with Crippen LogP contribution in [0.2, 0.25) is 0 Å². The van der Waals surface area contributed by atoms with Crippen LogP contribution in [-0.2, 0) is 24.2 Å². The molecule has 3 aliphatic heterocycles. The van der Waals surface area contributed by atoms with Crippen LogP contribution in [0.25, 0.3) is 0 Å². The third kappa shape index (κ3) is 4.17. The van der Waals surface area contributed by atoms with Crippen molar-refractivity contribution in [3.8, 4) is 0 Å². The number of rotatable bonds is 4. The highest BCUT2D eigenvalue weighted by atomic mass is 32.1. The molecule has 6 nitrogen and oxygen atoms in total. The lowest BCUT2D eigenvalue weighted by Crippen LogP contribution is -2.40. The van der Waals surface area contributed by atoms with Gasteiger partial charge in [0.05, 0.1) is 18.7 Å². The minimum Gasteiger partial charge on any atom is -0.356 e. The first-order valence-corrected chi connectivity index (χ1v) is 12.4. The number of nitrogens with zero attached hydrogens (tertiary/aromatic N) is 5. The van der Waals surface area contributed by atoms with E-state index in [1.165, 1.54) is 44.1 Å². The molecule has 3 aliphatic rings. The third-order valence-corrected chi connectivity index (χ3v) is 7.46. The Labute approximate surface area is 182 Å². The van der Waals surface area contributed by atoms with Gasteiger partial charge in [-0.3, -0.25) is 4.79 Å². The molecule has 0 bridgehead atoms. The van der Waals surface area contributed by atoms with Gasteiger partial charge >= 0.3 is 0 Å². The van der Waals surface area contributed by atoms with E-state index in [2.05, 4.69) is 9.80 Å². The zero-order valence-electron chi connectivity index (χ0n) is 17.7. The van der Waals surface area contributed by atoms with E-state index in [4.69, 9.17) is 9.97 Å². The van der Waals surface area contributed by atoms with E-state index in [9.17, 15) is 4.79 Å². The van der Waals surface area contributed by atoms with Gasteiger partial charge in [-0.25, -0.2) is 4.98 Å². The number of thiophene rings is 1. The summed E-state index contributed by atoms with van der Waals surface area (Å²) >= 11 is 1.66. The summed E-state index contributed by atoms with van der Waals surface area (Å²) in [5.74, 6) is 2.22. The second kappa shape index (κ2) is 8.92. The van der Waals surface area contributed by atoms with E-state index in [0.717, 1.165) is 61.5 Å². The van der Waals surface area contributed by atoms with E-state index in [0.29, 0.717) is 13.0 Å². The molecule has 5 heterocycles. The molecular weight excluding hydrogens is 394 g/mol. The second-order valence-corrected chi connectivity index (χ2v) is 9.72. The molecule has 160 valence electrons. The van der Waals surface area contributed by atoms with Gasteiger partial charge < -0.3 is 14.7 Å². The summed E-state index contributed by atoms with van der Waals surface area (Å²) < 4.78 is 0. The van der Waals surface area contributed by atoms with Gasteiger partial charge in [0.25, 0.3) is 0 Å². The Balaban J connectivity index is 1.43. The molecule has 1 amide bonds. The van der Waals surface area contributed by atoms with Crippen LogP contribution in [0.15, 0.2) is 17.5 Å². The number of carbonyl (C=O) groups excluding carboxylic acids is 1. The van der Waals surface area contributed by atoms with Crippen molar-refractivity contribution in [2.45, 2.75) is 57.9 Å². The molecule has 5 rings (SSSR count). The highest BCUT2D eigenvalue weighted by Gasteiger charge is 2.29. The van der Waals surface area contributed by atoms with E-state index < -0.39 is 0 Å². The van der Waals surface area contributed by atoms with Gasteiger partial charge in [-0.2, -0.15) is 4.98 Å². The van der Waals surface area contributed by atoms with Gasteiger partial charge in [-0.1, -0.05) is 6.07 Å². The molecule has 2 fully saturated rings. The number of hydrogen-bond acceptors (Lipinski definition) is 6. The van der Waals surface area contributed by atoms with Crippen LogP contribution >= 0.6 is 11.3 Å². The van der Waals surface area contributed by atoms with Gasteiger partial charge in [-0.15, -0.1) is 11.3 Å². The van der Waals surface area contributed by atoms with Crippen molar-refractivity contribution in [3.63, 3.8) is 0 Å². The normalized spacial score (nSPS) is 19.7. The summed E-state index contributed by atoms with van der Waals surface area (Å²) in [5, 5.41) is 2.04. The first kappa shape index (κ1) is 19.8. The Hall–Kier alpha value is -2.15. The van der Waals surface area contributed by atoms with Crippen LogP contribution in [0, 0.1) is 0 Å². The van der Waals surface area contributed by atoms with Gasteiger partial charge in [-0.05, 0) is 50.0 Å². The predicted molar refractivity (Wildman–Crippen MR) is 121 cm³/mol. The smallest absolute Gasteiger partial charge is 0.228 e. The van der Waals surface area contributed by atoms with Crippen molar-refractivity contribution in [2.75, 3.05) is 42.5 Å². The number of fused-ring (bicyclic) bond motifs is 1. The molecule has 0 radical (unpaired) electrons. The Morgan fingerprint density at radius 1 is 0.933 bits per heavy atom. The Morgan fingerprint density at radius 3 is 2.37 bits per heavy atom. The van der Waals surface area contributed by atoms with Gasteiger partial charge in [0, 0.05) is 49.6 Å². The van der Waals surface area contributed by atoms with E-state index in [-0.39, 0.29) is 5.91 Å². The van der Waals surface area contributed by atoms with Gasteiger partial charge in [0.2, 0.25) is 11.9 Å². The lowest BCUT2D eigenvalue weighted by molar-refractivity contribution is -0.131. The molecule has 2 aromatic heterocycles. The highest BCUT2D eigenvalue weighted by molar-refractivity contribution is 7.10. The van der Waals surface area contributed by atoms with Gasteiger partial charge in [0.15, 0.2) is 0 Å². The van der Waals surface area contributed by atoms with Crippen molar-refractivity contribution in [3.05, 3.63) is 33.6 Å². The van der Waals surface area contributed by atoms with Crippen molar-refractivity contribution in [1.29, 1.82) is 0 Å². The maximum Gasteiger partial charge on any atom is 0.228 e. The molecule has 0 aromatic carbocycles. The number of anilines is 2. The average Bonchev–Trinajstić information content (AvgIpc) is 3.32. The standard InChI is InChI=1S/C23H31N5OS/c29-21(16-18-8-7-15-30-18)28-14-9-20-19(17-28)22(26-10-3-1-4-11-26)25-23(24-20)27-12-5-2-6-13-27/h7-8,15H,1-6,9-14,16-17H2. The van der Waals surface area contributed by atoms with E-state index in [1.54, 1.807) is 11.3 Å². The van der Waals surface area contributed by atoms with Gasteiger partial charge in [0.1, 0.15) is 5.82 Å². The van der Waals surface area contributed by atoms with Crippen molar-refractivity contribution in [1.82, 2.24) is 14.9 Å². The monoisotopic (exact) mass is 425 g/mol. The molecule has 7 heteroatoms. The van der Waals surface area contributed by atoms with Crippen molar-refractivity contribution in [2.24, 2.45) is 0 Å². The Morgan fingerprint density at radius 2 is 1.67 bits per heavy atom. The molecule has 30 heavy (non-hydrogen) atoms. The first-order valence-electron chi connectivity index (χ1n) is 11.5. The second-order valence-electron chi connectivity index (χ2n) is 8.69. The fourth-order valence-corrected chi connectivity index (χ4v) is 5.57. The molecule has 0 saturated carbocycles. The molecule has 0 aliphatic carbocycles. The Kier molecular flexibility index (Phi) is 5.88. The SMILES string of the molecule is O=C(Cc1cccs1)N1CCc2nc(N3CCCCC3)nc(N3CCCCC3)c2C1. The van der Waals surface area contributed by atoms with Crippen LogP contribution < -0.4 is 9.80 Å². The van der Waals surface area contributed by atoms with Crippen LogP contribution in [-0.4, -0.2) is 53.5 Å². The van der Waals surface area contributed by atoms with Crippen LogP contribution in [0.5, 0.6) is 0 Å². The number of piperidine rings is 2. The molecular formula is C23H31N5OS. The molecule has 2 saturated heterocycles. The average molecular weight is 426 g/mol. The Bertz CT molecular complexity index is 872. The van der Waals surface area contributed by atoms with Crippen molar-refractivity contribution < 1.29 is 4.79 Å². The van der Waals surface area contributed by atoms with E-state index in [1.807, 2.05) is 22.4 Å².